The van der Waals surface area contributed by atoms with Gasteiger partial charge >= 0.3 is 0 Å². The molecule has 31 heavy (non-hydrogen) atoms. The van der Waals surface area contributed by atoms with Gasteiger partial charge in [-0.25, -0.2) is 4.98 Å². The number of nitrogens with zero attached hydrogens (tertiary/aromatic N) is 1. The summed E-state index contributed by atoms with van der Waals surface area (Å²) < 4.78 is 16.4. The van der Waals surface area contributed by atoms with Gasteiger partial charge in [0, 0.05) is 30.7 Å². The first-order valence-corrected chi connectivity index (χ1v) is 10.7. The molecule has 1 fully saturated rings. The highest BCUT2D eigenvalue weighted by molar-refractivity contribution is 6.07. The molecule has 1 aliphatic carbocycles. The van der Waals surface area contributed by atoms with Crippen molar-refractivity contribution in [1.82, 2.24) is 10.3 Å². The molecule has 0 radical (unpaired) electrons. The van der Waals surface area contributed by atoms with Crippen LogP contribution in [0.1, 0.15) is 29.6 Å². The van der Waals surface area contributed by atoms with Crippen LogP contribution in [0, 0.1) is 5.92 Å². The van der Waals surface area contributed by atoms with Crippen LogP contribution in [0.4, 0.5) is 0 Å². The Kier molecular flexibility index (Phi) is 6.67. The van der Waals surface area contributed by atoms with Gasteiger partial charge in [0.1, 0.15) is 0 Å². The fourth-order valence-electron chi connectivity index (χ4n) is 3.51. The van der Waals surface area contributed by atoms with Gasteiger partial charge in [0.05, 0.1) is 31.0 Å². The van der Waals surface area contributed by atoms with Gasteiger partial charge in [0.15, 0.2) is 11.5 Å². The Bertz CT molecular complexity index is 1060. The number of pyridine rings is 1. The number of para-hydroxylation sites is 1. The van der Waals surface area contributed by atoms with Crippen LogP contribution in [0.2, 0.25) is 0 Å². The second-order valence-electron chi connectivity index (χ2n) is 7.77. The molecule has 0 unspecified atom stereocenters. The molecule has 0 bridgehead atoms. The number of hydrogen-bond donors (Lipinski definition) is 1. The Labute approximate surface area is 182 Å². The smallest absolute Gasteiger partial charge is 0.252 e. The Balaban J connectivity index is 1.54. The number of aromatic nitrogens is 1. The zero-order valence-electron chi connectivity index (χ0n) is 18.0. The second-order valence-corrected chi connectivity index (χ2v) is 7.77. The SMILES string of the molecule is COc1ccc(-c2cc(C(=O)NCCCOCC3CC3)c3ccccc3n2)cc1OC. The summed E-state index contributed by atoms with van der Waals surface area (Å²) in [5.41, 5.74) is 2.94. The van der Waals surface area contributed by atoms with E-state index in [0.29, 0.717) is 35.9 Å². The van der Waals surface area contributed by atoms with E-state index < -0.39 is 0 Å². The van der Waals surface area contributed by atoms with E-state index in [-0.39, 0.29) is 5.91 Å². The Hall–Kier alpha value is -3.12. The molecule has 3 aromatic rings. The number of methoxy groups -OCH3 is 2. The molecule has 1 heterocycles. The second kappa shape index (κ2) is 9.79. The van der Waals surface area contributed by atoms with E-state index in [2.05, 4.69) is 5.32 Å². The number of fused-ring (bicyclic) bond motifs is 1. The Morgan fingerprint density at radius 1 is 1.06 bits per heavy atom. The molecule has 0 aliphatic heterocycles. The van der Waals surface area contributed by atoms with Crippen molar-refractivity contribution in [2.24, 2.45) is 5.92 Å². The topological polar surface area (TPSA) is 69.7 Å². The Morgan fingerprint density at radius 2 is 1.87 bits per heavy atom. The maximum Gasteiger partial charge on any atom is 0.252 e. The lowest BCUT2D eigenvalue weighted by molar-refractivity contribution is 0.0939. The predicted octanol–water partition coefficient (Wildman–Crippen LogP) is 4.47. The average molecular weight is 421 g/mol. The molecule has 6 nitrogen and oxygen atoms in total. The van der Waals surface area contributed by atoms with Gasteiger partial charge in [-0.1, -0.05) is 18.2 Å². The molecule has 2 aromatic carbocycles. The van der Waals surface area contributed by atoms with E-state index in [1.165, 1.54) is 12.8 Å². The van der Waals surface area contributed by atoms with Crippen LogP contribution in [0.25, 0.3) is 22.2 Å². The number of amides is 1. The molecule has 1 N–H and O–H groups in total. The first-order chi connectivity index (χ1) is 15.2. The van der Waals surface area contributed by atoms with Crippen LogP contribution in [0.15, 0.2) is 48.5 Å². The maximum absolute atomic E-state index is 13.0. The third kappa shape index (κ3) is 5.14. The van der Waals surface area contributed by atoms with Crippen LogP contribution in [-0.2, 0) is 4.74 Å². The van der Waals surface area contributed by atoms with Gasteiger partial charge in [0.25, 0.3) is 5.91 Å². The molecule has 1 aromatic heterocycles. The van der Waals surface area contributed by atoms with Gasteiger partial charge in [-0.05, 0) is 55.5 Å². The number of carbonyl (C=O) groups is 1. The van der Waals surface area contributed by atoms with E-state index >= 15 is 0 Å². The minimum absolute atomic E-state index is 0.109. The van der Waals surface area contributed by atoms with E-state index in [4.69, 9.17) is 19.2 Å². The van der Waals surface area contributed by atoms with Crippen molar-refractivity contribution in [2.75, 3.05) is 34.0 Å². The summed E-state index contributed by atoms with van der Waals surface area (Å²) in [5, 5.41) is 3.85. The molecule has 0 atom stereocenters. The predicted molar refractivity (Wildman–Crippen MR) is 121 cm³/mol. The summed E-state index contributed by atoms with van der Waals surface area (Å²) in [7, 11) is 3.20. The highest BCUT2D eigenvalue weighted by Crippen LogP contribution is 2.33. The van der Waals surface area contributed by atoms with Crippen molar-refractivity contribution in [2.45, 2.75) is 19.3 Å². The number of ether oxygens (including phenoxy) is 3. The van der Waals surface area contributed by atoms with Crippen molar-refractivity contribution in [3.63, 3.8) is 0 Å². The zero-order chi connectivity index (χ0) is 21.6. The van der Waals surface area contributed by atoms with E-state index in [1.807, 2.05) is 48.5 Å². The fraction of sp³-hybridized carbons (Fsp3) is 0.360. The molecule has 1 aliphatic rings. The van der Waals surface area contributed by atoms with Crippen molar-refractivity contribution in [3.8, 4) is 22.8 Å². The first kappa shape index (κ1) is 21.1. The fourth-order valence-corrected chi connectivity index (χ4v) is 3.51. The van der Waals surface area contributed by atoms with Crippen LogP contribution in [-0.4, -0.2) is 44.9 Å². The lowest BCUT2D eigenvalue weighted by Gasteiger charge is -2.12. The third-order valence-corrected chi connectivity index (χ3v) is 5.44. The largest absolute Gasteiger partial charge is 0.493 e. The number of hydrogen-bond acceptors (Lipinski definition) is 5. The van der Waals surface area contributed by atoms with Crippen LogP contribution in [0.3, 0.4) is 0 Å². The van der Waals surface area contributed by atoms with Gasteiger partial charge in [0.2, 0.25) is 0 Å². The molecule has 6 heteroatoms. The van der Waals surface area contributed by atoms with Crippen molar-refractivity contribution < 1.29 is 19.0 Å². The third-order valence-electron chi connectivity index (χ3n) is 5.44. The van der Waals surface area contributed by atoms with Gasteiger partial charge < -0.3 is 19.5 Å². The standard InChI is InChI=1S/C25H28N2O4/c1-29-23-11-10-18(14-24(23)30-2)22-15-20(19-6-3-4-7-21(19)27-22)25(28)26-12-5-13-31-16-17-8-9-17/h3-4,6-7,10-11,14-15,17H,5,8-9,12-13,16H2,1-2H3,(H,26,28). The molecule has 1 amide bonds. The highest BCUT2D eigenvalue weighted by atomic mass is 16.5. The molecule has 4 rings (SSSR count). The summed E-state index contributed by atoms with van der Waals surface area (Å²) in [4.78, 5) is 17.8. The minimum atomic E-state index is -0.109. The van der Waals surface area contributed by atoms with Crippen LogP contribution < -0.4 is 14.8 Å². The van der Waals surface area contributed by atoms with Gasteiger partial charge in [-0.3, -0.25) is 4.79 Å². The van der Waals surface area contributed by atoms with E-state index in [1.54, 1.807) is 14.2 Å². The summed E-state index contributed by atoms with van der Waals surface area (Å²) in [6, 6.07) is 15.1. The maximum atomic E-state index is 13.0. The molecule has 0 spiro atoms. The molecule has 0 saturated heterocycles. The number of carbonyl (C=O) groups excluding carboxylic acids is 1. The molecule has 1 saturated carbocycles. The lowest BCUT2D eigenvalue weighted by Crippen LogP contribution is -2.25. The number of rotatable bonds is 10. The molecule has 162 valence electrons. The molecular weight excluding hydrogens is 392 g/mol. The summed E-state index contributed by atoms with van der Waals surface area (Å²) in [6.07, 6.45) is 3.37. The first-order valence-electron chi connectivity index (χ1n) is 10.7. The monoisotopic (exact) mass is 420 g/mol. The van der Waals surface area contributed by atoms with Gasteiger partial charge in [-0.15, -0.1) is 0 Å². The average Bonchev–Trinajstić information content (AvgIpc) is 3.64. The Morgan fingerprint density at radius 3 is 2.65 bits per heavy atom. The quantitative estimate of drug-likeness (QED) is 0.490. The number of nitrogens with one attached hydrogen (secondary N) is 1. The van der Waals surface area contributed by atoms with E-state index in [0.717, 1.165) is 35.4 Å². The van der Waals surface area contributed by atoms with Crippen molar-refractivity contribution in [3.05, 3.63) is 54.1 Å². The van der Waals surface area contributed by atoms with Crippen molar-refractivity contribution >= 4 is 16.8 Å². The summed E-state index contributed by atoms with van der Waals surface area (Å²) in [6.45, 7) is 2.09. The summed E-state index contributed by atoms with van der Waals surface area (Å²) in [5.74, 6) is 1.91. The van der Waals surface area contributed by atoms with E-state index in [9.17, 15) is 4.79 Å². The molecular formula is C25H28N2O4. The van der Waals surface area contributed by atoms with Crippen LogP contribution >= 0.6 is 0 Å². The van der Waals surface area contributed by atoms with Crippen LogP contribution in [0.5, 0.6) is 11.5 Å². The highest BCUT2D eigenvalue weighted by Gasteiger charge is 2.21. The minimum Gasteiger partial charge on any atom is -0.493 e. The number of benzene rings is 2. The van der Waals surface area contributed by atoms with Crippen molar-refractivity contribution in [1.29, 1.82) is 0 Å². The zero-order valence-corrected chi connectivity index (χ0v) is 18.0. The van der Waals surface area contributed by atoms with Gasteiger partial charge in [-0.2, -0.15) is 0 Å². The summed E-state index contributed by atoms with van der Waals surface area (Å²) >= 11 is 0. The lowest BCUT2D eigenvalue weighted by atomic mass is 10.0. The normalized spacial score (nSPS) is 13.2.